The number of likely N-dealkylation sites (tertiary alicyclic amines) is 1. The van der Waals surface area contributed by atoms with E-state index >= 15 is 17.6 Å². The number of fused-ring (bicyclic) bond motifs is 2. The number of carbonyl (C=O) groups is 2. The molecule has 5 aromatic rings. The van der Waals surface area contributed by atoms with Gasteiger partial charge in [0.05, 0.1) is 65.8 Å². The van der Waals surface area contributed by atoms with Crippen molar-refractivity contribution in [3.8, 4) is 17.6 Å². The molecule has 16 nitrogen and oxygen atoms in total. The number of nitrogens with one attached hydrogen (secondary N) is 2. The van der Waals surface area contributed by atoms with E-state index in [1.54, 1.807) is 29.4 Å². The molecular formula is C45H50F4N10O6S. The van der Waals surface area contributed by atoms with Gasteiger partial charge < -0.3 is 19.3 Å². The summed E-state index contributed by atoms with van der Waals surface area (Å²) in [7, 11) is 3.32. The summed E-state index contributed by atoms with van der Waals surface area (Å²) >= 11 is 1.11. The molecule has 3 N–H and O–H groups in total. The monoisotopic (exact) mass is 934 g/mol. The second-order valence-electron chi connectivity index (χ2n) is 17.1. The van der Waals surface area contributed by atoms with Crippen LogP contribution in [0.15, 0.2) is 53.6 Å². The van der Waals surface area contributed by atoms with Gasteiger partial charge in [0.2, 0.25) is 6.41 Å². The van der Waals surface area contributed by atoms with Gasteiger partial charge in [-0.15, -0.1) is 0 Å². The van der Waals surface area contributed by atoms with Gasteiger partial charge in [0.1, 0.15) is 23.2 Å². The van der Waals surface area contributed by atoms with Gasteiger partial charge in [0.15, 0.2) is 17.4 Å². The lowest BCUT2D eigenvalue weighted by molar-refractivity contribution is -0.108. The summed E-state index contributed by atoms with van der Waals surface area (Å²) in [6.07, 6.45) is 5.17. The van der Waals surface area contributed by atoms with Crippen LogP contribution in [0, 0.1) is 23.0 Å². The molecule has 0 radical (unpaired) electrons. The van der Waals surface area contributed by atoms with Crippen LogP contribution in [0.2, 0.25) is 0 Å². The van der Waals surface area contributed by atoms with Gasteiger partial charge in [-0.05, 0) is 107 Å². The predicted molar refractivity (Wildman–Crippen MR) is 239 cm³/mol. The van der Waals surface area contributed by atoms with Gasteiger partial charge in [0, 0.05) is 43.7 Å². The number of nitrogens with zero attached hydrogens (tertiary/aromatic N) is 8. The van der Waals surface area contributed by atoms with E-state index in [1.807, 2.05) is 13.0 Å². The number of alkyl halides is 2. The maximum absolute atomic E-state index is 16.2. The second kappa shape index (κ2) is 19.2. The lowest BCUT2D eigenvalue weighted by atomic mass is 9.78. The Morgan fingerprint density at radius 3 is 2.61 bits per heavy atom. The minimum Gasteiger partial charge on any atom is -0.453 e. The number of aliphatic hydroxyl groups is 1. The highest BCUT2D eigenvalue weighted by atomic mass is 32.2. The number of carbonyl (C=O) groups excluding carboxylic acids is 2. The first-order chi connectivity index (χ1) is 31.7. The fraction of sp³-hybridized carbons (Fsp3) is 0.467. The third-order valence-corrected chi connectivity index (χ3v) is 13.8. The Labute approximate surface area is 381 Å². The number of aromatic nitrogens is 4. The Morgan fingerprint density at radius 1 is 1.11 bits per heavy atom. The molecule has 2 atom stereocenters. The van der Waals surface area contributed by atoms with E-state index in [0.717, 1.165) is 24.3 Å². The Kier molecular flexibility index (Phi) is 13.6. The normalized spacial score (nSPS) is 21.9. The van der Waals surface area contributed by atoms with Crippen LogP contribution in [0.25, 0.3) is 21.8 Å². The number of benzene rings is 3. The Morgan fingerprint density at radius 2 is 1.89 bits per heavy atom. The van der Waals surface area contributed by atoms with E-state index in [1.165, 1.54) is 44.7 Å². The average Bonchev–Trinajstić information content (AvgIpc) is 3.84. The molecule has 3 aromatic carbocycles. The summed E-state index contributed by atoms with van der Waals surface area (Å²) in [4.78, 5) is 45.2. The van der Waals surface area contributed by atoms with E-state index in [0.29, 0.717) is 68.3 Å². The van der Waals surface area contributed by atoms with Crippen LogP contribution in [0.4, 0.5) is 33.9 Å². The molecule has 8 rings (SSSR count). The van der Waals surface area contributed by atoms with Crippen molar-refractivity contribution in [2.45, 2.75) is 81.4 Å². The molecule has 1 saturated carbocycles. The zero-order valence-electron chi connectivity index (χ0n) is 36.6. The van der Waals surface area contributed by atoms with Gasteiger partial charge in [0.25, 0.3) is 11.5 Å². The minimum atomic E-state index is -3.25. The van der Waals surface area contributed by atoms with Crippen LogP contribution in [-0.2, 0) is 16.6 Å². The summed E-state index contributed by atoms with van der Waals surface area (Å²) in [5.41, 5.74) is -0.0431. The first-order valence-corrected chi connectivity index (χ1v) is 22.6. The number of halogens is 4. The maximum atomic E-state index is 16.2. The van der Waals surface area contributed by atoms with Crippen LogP contribution in [-0.4, -0.2) is 110 Å². The number of imide groups is 1. The van der Waals surface area contributed by atoms with Crippen molar-refractivity contribution in [2.24, 2.45) is 7.05 Å². The number of nitriles is 1. The Bertz CT molecular complexity index is 2740. The molecule has 0 bridgehead atoms. The molecule has 2 aromatic heterocycles. The van der Waals surface area contributed by atoms with Crippen molar-refractivity contribution in [1.82, 2.24) is 33.9 Å². The van der Waals surface area contributed by atoms with E-state index in [9.17, 15) is 24.8 Å². The van der Waals surface area contributed by atoms with Crippen molar-refractivity contribution in [3.05, 3.63) is 81.9 Å². The van der Waals surface area contributed by atoms with Crippen LogP contribution in [0.5, 0.6) is 11.5 Å². The Hall–Kier alpha value is -5.79. The van der Waals surface area contributed by atoms with Gasteiger partial charge in [-0.2, -0.15) is 10.4 Å². The van der Waals surface area contributed by atoms with Crippen molar-refractivity contribution in [3.63, 3.8) is 0 Å². The minimum absolute atomic E-state index is 0.0236. The number of amides is 3. The van der Waals surface area contributed by atoms with E-state index < -0.39 is 41.7 Å². The molecule has 2 saturated heterocycles. The molecule has 2 aliphatic heterocycles. The fourth-order valence-electron chi connectivity index (χ4n) is 9.62. The first kappa shape index (κ1) is 46.7. The number of likely N-dealkylation sites (N-methyl/N-ethyl adjacent to an activating group) is 1. The molecule has 3 amide bonds. The zero-order chi connectivity index (χ0) is 46.9. The van der Waals surface area contributed by atoms with E-state index in [2.05, 4.69) is 20.1 Å². The van der Waals surface area contributed by atoms with Crippen LogP contribution in [0.3, 0.4) is 0 Å². The van der Waals surface area contributed by atoms with E-state index in [-0.39, 0.29) is 89.4 Å². The van der Waals surface area contributed by atoms with Crippen molar-refractivity contribution >= 4 is 57.9 Å². The SMILES string of the molecule is CCCN(C(=O)NC=O)c1nn(C)c2cc(C3CCN(C4CCC5(CC4)CC(n4cnc6ccc(Oc7c(F)ccc(NSN(C)CCO)c7C#N)cc6c4=O)CO5)CC3(F)F)c(F)cc12. The highest BCUT2D eigenvalue weighted by Crippen LogP contribution is 2.48. The van der Waals surface area contributed by atoms with Crippen LogP contribution < -0.4 is 25.2 Å². The Balaban J connectivity index is 0.919. The van der Waals surface area contributed by atoms with Crippen LogP contribution >= 0.6 is 12.1 Å². The summed E-state index contributed by atoms with van der Waals surface area (Å²) < 4.78 is 83.3. The second-order valence-corrected chi connectivity index (χ2v) is 18.1. The summed E-state index contributed by atoms with van der Waals surface area (Å²) in [5, 5.41) is 26.1. The summed E-state index contributed by atoms with van der Waals surface area (Å²) in [6, 6.07) is 10.5. The van der Waals surface area contributed by atoms with Crippen molar-refractivity contribution in [1.29, 1.82) is 5.26 Å². The molecule has 21 heteroatoms. The summed E-state index contributed by atoms with van der Waals surface area (Å²) in [6.45, 7) is 2.34. The highest BCUT2D eigenvalue weighted by Gasteiger charge is 2.50. The molecule has 1 spiro atoms. The standard InChI is InChI=1S/C45H50F4N10O6S/c1-4-14-58(43(63)52-26-61)41-32-19-36(47)30(20-39(32)56(3)53-41)34-11-15-57(24-45(34,48)49)27-9-12-44(13-10-27)21-28(23-64-44)59-25-51-37-7-5-29(18-31(37)42(59)62)65-40-33(22-50)38(8-6-35(40)46)54-66-55(2)16-17-60/h5-8,18-20,25-28,34,54,60H,4,9-17,21,23-24H2,1-3H3,(H,52,61,63). The number of hydrogen-bond donors (Lipinski definition) is 3. The number of aryl methyl sites for hydroxylation is 1. The molecule has 2 unspecified atom stereocenters. The van der Waals surface area contributed by atoms with Gasteiger partial charge in [-0.1, -0.05) is 6.92 Å². The third-order valence-electron chi connectivity index (χ3n) is 13.0. The predicted octanol–water partition coefficient (Wildman–Crippen LogP) is 6.97. The number of rotatable bonds is 14. The van der Waals surface area contributed by atoms with Crippen molar-refractivity contribution < 1.29 is 41.7 Å². The maximum Gasteiger partial charge on any atom is 0.329 e. The summed E-state index contributed by atoms with van der Waals surface area (Å²) in [5.74, 6) is -6.31. The number of anilines is 2. The first-order valence-electron chi connectivity index (χ1n) is 21.8. The quantitative estimate of drug-likeness (QED) is 0.0590. The molecule has 3 fully saturated rings. The molecule has 350 valence electrons. The topological polar surface area (TPSA) is 183 Å². The molecular weight excluding hydrogens is 885 g/mol. The highest BCUT2D eigenvalue weighted by molar-refractivity contribution is 7.98. The number of piperidine rings is 1. The number of hydrogen-bond acceptors (Lipinski definition) is 13. The third kappa shape index (κ3) is 9.16. The van der Waals surface area contributed by atoms with Gasteiger partial charge in [-0.25, -0.2) is 31.6 Å². The lowest BCUT2D eigenvalue weighted by Gasteiger charge is -2.46. The number of ether oxygens (including phenoxy) is 2. The molecule has 66 heavy (non-hydrogen) atoms. The zero-order valence-corrected chi connectivity index (χ0v) is 37.4. The average molecular weight is 935 g/mol. The molecule has 1 aliphatic carbocycles. The van der Waals surface area contributed by atoms with Gasteiger partial charge in [-0.3, -0.25) is 34.0 Å². The number of aliphatic hydroxyl groups excluding tert-OH is 1. The van der Waals surface area contributed by atoms with Gasteiger partial charge >= 0.3 is 6.03 Å². The van der Waals surface area contributed by atoms with Crippen molar-refractivity contribution in [2.75, 3.05) is 56.1 Å². The molecule has 4 heterocycles. The lowest BCUT2D eigenvalue weighted by Crippen LogP contribution is -2.53. The number of urea groups is 1. The van der Waals surface area contributed by atoms with Crippen LogP contribution in [0.1, 0.15) is 75.0 Å². The molecule has 3 aliphatic rings. The smallest absolute Gasteiger partial charge is 0.329 e. The van der Waals surface area contributed by atoms with E-state index in [4.69, 9.17) is 9.47 Å². The fourth-order valence-corrected chi connectivity index (χ4v) is 10.2. The largest absolute Gasteiger partial charge is 0.453 e.